The van der Waals surface area contributed by atoms with Crippen LogP contribution >= 0.6 is 0 Å². The van der Waals surface area contributed by atoms with E-state index in [9.17, 15) is 0 Å². The van der Waals surface area contributed by atoms with E-state index in [2.05, 4.69) is 21.8 Å². The maximum Gasteiger partial charge on any atom is 0.225 e. The number of aromatic nitrogens is 2. The van der Waals surface area contributed by atoms with Crippen LogP contribution in [0.5, 0.6) is 0 Å². The molecule has 0 unspecified atom stereocenters. The Bertz CT molecular complexity index is 321. The van der Waals surface area contributed by atoms with Gasteiger partial charge in [-0.25, -0.2) is 9.97 Å². The molecule has 0 saturated carbocycles. The molecule has 0 atom stereocenters. The lowest BCUT2D eigenvalue weighted by Gasteiger charge is -2.30. The lowest BCUT2D eigenvalue weighted by Crippen LogP contribution is -2.34. The van der Waals surface area contributed by atoms with Gasteiger partial charge >= 0.3 is 0 Å². The van der Waals surface area contributed by atoms with Gasteiger partial charge in [0, 0.05) is 19.3 Å². The summed E-state index contributed by atoms with van der Waals surface area (Å²) in [5, 5.41) is 8.99. The predicted octanol–water partition coefficient (Wildman–Crippen LogP) is 1.21. The highest BCUT2D eigenvalue weighted by Crippen LogP contribution is 2.19. The largest absolute Gasteiger partial charge is 0.390 e. The van der Waals surface area contributed by atoms with Crippen molar-refractivity contribution in [2.75, 3.05) is 18.0 Å². The molecule has 1 aromatic heterocycles. The highest BCUT2D eigenvalue weighted by molar-refractivity contribution is 5.30. The van der Waals surface area contributed by atoms with Crippen LogP contribution in [0.15, 0.2) is 12.3 Å². The van der Waals surface area contributed by atoms with E-state index in [0.29, 0.717) is 5.69 Å². The van der Waals surface area contributed by atoms with Crippen LogP contribution in [0.3, 0.4) is 0 Å². The van der Waals surface area contributed by atoms with E-state index in [1.807, 2.05) is 0 Å². The first kappa shape index (κ1) is 10.4. The van der Waals surface area contributed by atoms with E-state index in [4.69, 9.17) is 5.11 Å². The summed E-state index contributed by atoms with van der Waals surface area (Å²) in [6.45, 7) is 4.31. The van der Waals surface area contributed by atoms with E-state index in [0.717, 1.165) is 25.0 Å². The maximum atomic E-state index is 8.99. The van der Waals surface area contributed by atoms with Crippen LogP contribution in [0.1, 0.15) is 25.5 Å². The molecule has 0 spiro atoms. The second-order valence-electron chi connectivity index (χ2n) is 4.18. The molecule has 4 nitrogen and oxygen atoms in total. The molecule has 1 N–H and O–H groups in total. The number of piperidine rings is 1. The third-order valence-electron chi connectivity index (χ3n) is 2.93. The smallest absolute Gasteiger partial charge is 0.225 e. The summed E-state index contributed by atoms with van der Waals surface area (Å²) < 4.78 is 0. The van der Waals surface area contributed by atoms with Crippen molar-refractivity contribution in [3.63, 3.8) is 0 Å². The highest BCUT2D eigenvalue weighted by atomic mass is 16.3. The summed E-state index contributed by atoms with van der Waals surface area (Å²) in [5.41, 5.74) is 0.693. The topological polar surface area (TPSA) is 49.2 Å². The van der Waals surface area contributed by atoms with E-state index in [1.165, 1.54) is 12.8 Å². The number of aliphatic hydroxyl groups is 1. The van der Waals surface area contributed by atoms with Crippen molar-refractivity contribution < 1.29 is 5.11 Å². The van der Waals surface area contributed by atoms with Crippen molar-refractivity contribution in [3.8, 4) is 0 Å². The van der Waals surface area contributed by atoms with Crippen LogP contribution in [0.25, 0.3) is 0 Å². The molecule has 0 bridgehead atoms. The van der Waals surface area contributed by atoms with Gasteiger partial charge in [0.15, 0.2) is 0 Å². The molecule has 0 aliphatic carbocycles. The molecule has 1 fully saturated rings. The Morgan fingerprint density at radius 2 is 2.20 bits per heavy atom. The van der Waals surface area contributed by atoms with Gasteiger partial charge in [0.2, 0.25) is 5.95 Å². The third kappa shape index (κ3) is 2.45. The summed E-state index contributed by atoms with van der Waals surface area (Å²) >= 11 is 0. The molecule has 0 aromatic carbocycles. The molecule has 0 amide bonds. The fourth-order valence-corrected chi connectivity index (χ4v) is 1.83. The number of hydrogen-bond acceptors (Lipinski definition) is 4. The number of rotatable bonds is 2. The zero-order valence-corrected chi connectivity index (χ0v) is 9.06. The molecule has 2 heterocycles. The molecule has 4 heteroatoms. The number of nitrogens with zero attached hydrogens (tertiary/aromatic N) is 3. The van der Waals surface area contributed by atoms with E-state index >= 15 is 0 Å². The van der Waals surface area contributed by atoms with Crippen LogP contribution < -0.4 is 4.90 Å². The molecule has 82 valence electrons. The van der Waals surface area contributed by atoms with Gasteiger partial charge in [-0.2, -0.15) is 0 Å². The van der Waals surface area contributed by atoms with Gasteiger partial charge in [0.1, 0.15) is 0 Å². The van der Waals surface area contributed by atoms with Crippen LogP contribution in [0.4, 0.5) is 5.95 Å². The van der Waals surface area contributed by atoms with Crippen molar-refractivity contribution in [3.05, 3.63) is 18.0 Å². The lowest BCUT2D eigenvalue weighted by atomic mass is 10.00. The van der Waals surface area contributed by atoms with Crippen LogP contribution in [-0.4, -0.2) is 28.2 Å². The zero-order valence-electron chi connectivity index (χ0n) is 9.06. The second-order valence-corrected chi connectivity index (χ2v) is 4.18. The van der Waals surface area contributed by atoms with Crippen molar-refractivity contribution in [1.29, 1.82) is 0 Å². The first-order valence-electron chi connectivity index (χ1n) is 5.47. The Balaban J connectivity index is 2.08. The minimum Gasteiger partial charge on any atom is -0.390 e. The molecule has 1 aliphatic rings. The van der Waals surface area contributed by atoms with Gasteiger partial charge in [-0.3, -0.25) is 0 Å². The van der Waals surface area contributed by atoms with Crippen LogP contribution in [0, 0.1) is 5.92 Å². The van der Waals surface area contributed by atoms with Gasteiger partial charge in [-0.1, -0.05) is 6.92 Å². The Kier molecular flexibility index (Phi) is 3.16. The summed E-state index contributed by atoms with van der Waals surface area (Å²) in [4.78, 5) is 10.7. The molecule has 1 saturated heterocycles. The van der Waals surface area contributed by atoms with Gasteiger partial charge in [-0.05, 0) is 24.8 Å². The van der Waals surface area contributed by atoms with E-state index in [1.54, 1.807) is 12.3 Å². The van der Waals surface area contributed by atoms with Gasteiger partial charge in [0.05, 0.1) is 12.3 Å². The van der Waals surface area contributed by atoms with Crippen molar-refractivity contribution in [2.24, 2.45) is 5.92 Å². The van der Waals surface area contributed by atoms with E-state index in [-0.39, 0.29) is 6.61 Å². The minimum atomic E-state index is -0.0141. The van der Waals surface area contributed by atoms with Crippen molar-refractivity contribution in [2.45, 2.75) is 26.4 Å². The molecule has 1 aromatic rings. The Labute approximate surface area is 90.0 Å². The maximum absolute atomic E-state index is 8.99. The van der Waals surface area contributed by atoms with Crippen LogP contribution in [-0.2, 0) is 6.61 Å². The first-order valence-corrected chi connectivity index (χ1v) is 5.47. The van der Waals surface area contributed by atoms with Gasteiger partial charge < -0.3 is 10.0 Å². The quantitative estimate of drug-likeness (QED) is 0.791. The van der Waals surface area contributed by atoms with Crippen molar-refractivity contribution >= 4 is 5.95 Å². The van der Waals surface area contributed by atoms with E-state index < -0.39 is 0 Å². The second kappa shape index (κ2) is 4.57. The Morgan fingerprint density at radius 1 is 1.47 bits per heavy atom. The summed E-state index contributed by atoms with van der Waals surface area (Å²) in [6.07, 6.45) is 4.12. The molecule has 2 rings (SSSR count). The molecule has 15 heavy (non-hydrogen) atoms. The molecular formula is C11H17N3O. The third-order valence-corrected chi connectivity index (χ3v) is 2.93. The summed E-state index contributed by atoms with van der Waals surface area (Å²) in [6, 6.07) is 1.75. The van der Waals surface area contributed by atoms with Crippen LogP contribution in [0.2, 0.25) is 0 Å². The average molecular weight is 207 g/mol. The minimum absolute atomic E-state index is 0.0141. The Hall–Kier alpha value is -1.16. The highest BCUT2D eigenvalue weighted by Gasteiger charge is 2.17. The average Bonchev–Trinajstić information content (AvgIpc) is 2.30. The fraction of sp³-hybridized carbons (Fsp3) is 0.636. The SMILES string of the molecule is CC1CCN(c2nccc(CO)n2)CC1. The van der Waals surface area contributed by atoms with Crippen molar-refractivity contribution in [1.82, 2.24) is 9.97 Å². The Morgan fingerprint density at radius 3 is 2.87 bits per heavy atom. The number of aliphatic hydroxyl groups excluding tert-OH is 1. The normalized spacial score (nSPS) is 18.1. The monoisotopic (exact) mass is 207 g/mol. The molecule has 1 aliphatic heterocycles. The standard InChI is InChI=1S/C11H17N3O/c1-9-3-6-14(7-4-9)11-12-5-2-10(8-15)13-11/h2,5,9,15H,3-4,6-8H2,1H3. The molecular weight excluding hydrogens is 190 g/mol. The van der Waals surface area contributed by atoms with Gasteiger partial charge in [-0.15, -0.1) is 0 Å². The molecule has 0 radical (unpaired) electrons. The number of hydrogen-bond donors (Lipinski definition) is 1. The summed E-state index contributed by atoms with van der Waals surface area (Å²) in [7, 11) is 0. The zero-order chi connectivity index (χ0) is 10.7. The predicted molar refractivity (Wildman–Crippen MR) is 58.6 cm³/mol. The van der Waals surface area contributed by atoms with Gasteiger partial charge in [0.25, 0.3) is 0 Å². The number of anilines is 1. The first-order chi connectivity index (χ1) is 7.29. The summed E-state index contributed by atoms with van der Waals surface area (Å²) in [5.74, 6) is 1.57. The lowest BCUT2D eigenvalue weighted by molar-refractivity contribution is 0.276. The fourth-order valence-electron chi connectivity index (χ4n) is 1.83.